The van der Waals surface area contributed by atoms with Crippen LogP contribution in [0.2, 0.25) is 0 Å². The van der Waals surface area contributed by atoms with Crippen LogP contribution in [0.5, 0.6) is 0 Å². The van der Waals surface area contributed by atoms with E-state index in [1.807, 2.05) is 41.8 Å². The highest BCUT2D eigenvalue weighted by molar-refractivity contribution is 5.84. The number of hydrogen-bond donors (Lipinski definition) is 0. The Morgan fingerprint density at radius 1 is 1.22 bits per heavy atom. The first-order chi connectivity index (χ1) is 15.3. The number of amides is 1. The molecule has 166 valence electrons. The van der Waals surface area contributed by atoms with Gasteiger partial charge in [0.05, 0.1) is 5.69 Å². The summed E-state index contributed by atoms with van der Waals surface area (Å²) in [5.41, 5.74) is 1.35. The lowest BCUT2D eigenvalue weighted by Crippen LogP contribution is -2.41. The Hall–Kier alpha value is -3.43. The van der Waals surface area contributed by atoms with Gasteiger partial charge in [0.15, 0.2) is 5.69 Å². The number of halogens is 3. The van der Waals surface area contributed by atoms with Gasteiger partial charge in [-0.1, -0.05) is 18.2 Å². The molecule has 1 aliphatic rings. The molecule has 1 saturated heterocycles. The Morgan fingerprint density at radius 2 is 2.03 bits per heavy atom. The molecule has 0 aliphatic carbocycles. The van der Waals surface area contributed by atoms with Crippen molar-refractivity contribution in [2.75, 3.05) is 13.1 Å². The van der Waals surface area contributed by atoms with Crippen LogP contribution in [0.1, 0.15) is 35.8 Å². The molecule has 4 aromatic rings. The second-order valence-corrected chi connectivity index (χ2v) is 8.15. The Bertz CT molecular complexity index is 1310. The zero-order valence-corrected chi connectivity index (χ0v) is 17.4. The molecule has 32 heavy (non-hydrogen) atoms. The lowest BCUT2D eigenvalue weighted by Gasteiger charge is -2.33. The number of benzene rings is 1. The number of nitrogens with zero attached hydrogens (tertiary/aromatic N) is 6. The third-order valence-electron chi connectivity index (χ3n) is 6.07. The van der Waals surface area contributed by atoms with E-state index >= 15 is 0 Å². The van der Waals surface area contributed by atoms with Crippen molar-refractivity contribution in [3.05, 3.63) is 59.8 Å². The second-order valence-electron chi connectivity index (χ2n) is 8.15. The number of piperidine rings is 1. The topological polar surface area (TPSA) is 68.3 Å². The molecular weight excluding hydrogens is 421 g/mol. The van der Waals surface area contributed by atoms with Gasteiger partial charge >= 0.3 is 6.18 Å². The highest BCUT2D eigenvalue weighted by Crippen LogP contribution is 2.33. The Morgan fingerprint density at radius 3 is 2.84 bits per heavy atom. The van der Waals surface area contributed by atoms with Crippen molar-refractivity contribution in [2.24, 2.45) is 0 Å². The van der Waals surface area contributed by atoms with Crippen molar-refractivity contribution in [2.45, 2.75) is 38.4 Å². The number of alkyl halides is 3. The smallest absolute Gasteiger partial charge is 0.340 e. The molecule has 0 spiro atoms. The van der Waals surface area contributed by atoms with Crippen molar-refractivity contribution in [3.63, 3.8) is 0 Å². The zero-order valence-electron chi connectivity index (χ0n) is 17.4. The third-order valence-corrected chi connectivity index (χ3v) is 6.07. The number of rotatable bonds is 3. The van der Waals surface area contributed by atoms with Crippen LogP contribution in [0.3, 0.4) is 0 Å². The average molecular weight is 442 g/mol. The Kier molecular flexibility index (Phi) is 4.87. The fourth-order valence-electron chi connectivity index (χ4n) is 4.48. The van der Waals surface area contributed by atoms with E-state index in [0.29, 0.717) is 30.4 Å². The number of aromatic nitrogens is 5. The summed E-state index contributed by atoms with van der Waals surface area (Å²) in [4.78, 5) is 23.0. The molecule has 0 N–H and O–H groups in total. The third kappa shape index (κ3) is 3.59. The number of fused-ring (bicyclic) bond motifs is 2. The Labute approximate surface area is 181 Å². The fraction of sp³-hybridized carbons (Fsp3) is 0.364. The molecule has 5 rings (SSSR count). The molecule has 3 aromatic heterocycles. The molecule has 1 aromatic carbocycles. The van der Waals surface area contributed by atoms with Gasteiger partial charge in [0, 0.05) is 30.2 Å². The van der Waals surface area contributed by atoms with Crippen molar-refractivity contribution >= 4 is 22.6 Å². The first kappa shape index (κ1) is 20.5. The van der Waals surface area contributed by atoms with Gasteiger partial charge in [-0.3, -0.25) is 4.79 Å². The minimum absolute atomic E-state index is 0.0567. The largest absolute Gasteiger partial charge is 0.433 e. The molecular formula is C22H21F3N6O. The first-order valence-electron chi connectivity index (χ1n) is 10.4. The molecule has 1 aliphatic heterocycles. The van der Waals surface area contributed by atoms with E-state index in [0.717, 1.165) is 29.0 Å². The SMILES string of the molecule is Cc1cc2ccccc2n1CC(=O)N1CCCC(c2cc(C(F)(F)F)n3ncnc3n2)C1. The molecule has 1 amide bonds. The monoisotopic (exact) mass is 442 g/mol. The number of hydrogen-bond acceptors (Lipinski definition) is 4. The van der Waals surface area contributed by atoms with E-state index in [9.17, 15) is 18.0 Å². The lowest BCUT2D eigenvalue weighted by atomic mass is 9.94. The maximum Gasteiger partial charge on any atom is 0.433 e. The van der Waals surface area contributed by atoms with Gasteiger partial charge in [-0.2, -0.15) is 27.8 Å². The van der Waals surface area contributed by atoms with Crippen LogP contribution in [-0.4, -0.2) is 48.0 Å². The van der Waals surface area contributed by atoms with E-state index < -0.39 is 11.9 Å². The maximum absolute atomic E-state index is 13.5. The van der Waals surface area contributed by atoms with Gasteiger partial charge in [0.2, 0.25) is 5.91 Å². The van der Waals surface area contributed by atoms with Crippen molar-refractivity contribution in [3.8, 4) is 0 Å². The molecule has 0 bridgehead atoms. The first-order valence-corrected chi connectivity index (χ1v) is 10.4. The van der Waals surface area contributed by atoms with E-state index in [-0.39, 0.29) is 29.8 Å². The van der Waals surface area contributed by atoms with Crippen LogP contribution in [0.15, 0.2) is 42.7 Å². The van der Waals surface area contributed by atoms with Crippen molar-refractivity contribution in [1.82, 2.24) is 29.0 Å². The molecule has 7 nitrogen and oxygen atoms in total. The number of carbonyl (C=O) groups excluding carboxylic acids is 1. The summed E-state index contributed by atoms with van der Waals surface area (Å²) in [6.07, 6.45) is -2.17. The van der Waals surface area contributed by atoms with E-state index in [2.05, 4.69) is 15.1 Å². The number of aryl methyl sites for hydroxylation is 1. The molecule has 0 saturated carbocycles. The number of likely N-dealkylation sites (tertiary alicyclic amines) is 1. The van der Waals surface area contributed by atoms with Crippen molar-refractivity contribution in [1.29, 1.82) is 0 Å². The number of carbonyl (C=O) groups is 1. The van der Waals surface area contributed by atoms with Gasteiger partial charge in [-0.25, -0.2) is 4.98 Å². The second kappa shape index (κ2) is 7.61. The minimum atomic E-state index is -4.58. The highest BCUT2D eigenvalue weighted by Gasteiger charge is 2.36. The summed E-state index contributed by atoms with van der Waals surface area (Å²) in [5, 5.41) is 4.71. The van der Waals surface area contributed by atoms with Crippen LogP contribution in [-0.2, 0) is 17.5 Å². The van der Waals surface area contributed by atoms with Crippen LogP contribution < -0.4 is 0 Å². The average Bonchev–Trinajstić information content (AvgIpc) is 3.36. The minimum Gasteiger partial charge on any atom is -0.340 e. The van der Waals surface area contributed by atoms with Gasteiger partial charge in [-0.15, -0.1) is 0 Å². The summed E-state index contributed by atoms with van der Waals surface area (Å²) in [5.74, 6) is -0.440. The quantitative estimate of drug-likeness (QED) is 0.484. The van der Waals surface area contributed by atoms with Gasteiger partial charge < -0.3 is 9.47 Å². The summed E-state index contributed by atoms with van der Waals surface area (Å²) >= 11 is 0. The predicted octanol–water partition coefficient (Wildman–Crippen LogP) is 3.81. The zero-order chi connectivity index (χ0) is 22.5. The van der Waals surface area contributed by atoms with Crippen molar-refractivity contribution < 1.29 is 18.0 Å². The molecule has 1 fully saturated rings. The lowest BCUT2D eigenvalue weighted by molar-refractivity contribution is -0.143. The summed E-state index contributed by atoms with van der Waals surface area (Å²) in [6, 6.07) is 10.9. The van der Waals surface area contributed by atoms with Gasteiger partial charge in [0.1, 0.15) is 12.9 Å². The predicted molar refractivity (Wildman–Crippen MR) is 111 cm³/mol. The fourth-order valence-corrected chi connectivity index (χ4v) is 4.48. The van der Waals surface area contributed by atoms with Gasteiger partial charge in [-0.05, 0) is 43.4 Å². The number of para-hydroxylation sites is 1. The van der Waals surface area contributed by atoms with E-state index in [1.165, 1.54) is 0 Å². The van der Waals surface area contributed by atoms with Gasteiger partial charge in [0.25, 0.3) is 5.78 Å². The molecule has 0 radical (unpaired) electrons. The molecule has 4 heterocycles. The molecule has 1 unspecified atom stereocenters. The summed E-state index contributed by atoms with van der Waals surface area (Å²) in [6.45, 7) is 3.05. The van der Waals surface area contributed by atoms with Crippen LogP contribution >= 0.6 is 0 Å². The summed E-state index contributed by atoms with van der Waals surface area (Å²) in [7, 11) is 0. The van der Waals surface area contributed by atoms with E-state index in [1.54, 1.807) is 4.90 Å². The molecule has 1 atom stereocenters. The maximum atomic E-state index is 13.5. The standard InChI is InChI=1S/C22H21F3N6O/c1-14-9-15-5-2-3-7-18(15)30(14)12-20(32)29-8-4-6-16(11-29)17-10-19(22(23,24)25)31-21(28-17)26-13-27-31/h2-3,5,7,9-10,13,16H,4,6,8,11-12H2,1H3. The Balaban J connectivity index is 1.40. The van der Waals surface area contributed by atoms with Crippen LogP contribution in [0.4, 0.5) is 13.2 Å². The summed E-state index contributed by atoms with van der Waals surface area (Å²) < 4.78 is 43.3. The van der Waals surface area contributed by atoms with Crippen LogP contribution in [0.25, 0.3) is 16.7 Å². The van der Waals surface area contributed by atoms with E-state index in [4.69, 9.17) is 0 Å². The normalized spacial score (nSPS) is 17.4. The van der Waals surface area contributed by atoms with Crippen LogP contribution in [0, 0.1) is 6.92 Å². The molecule has 10 heteroatoms. The highest BCUT2D eigenvalue weighted by atomic mass is 19.4.